The van der Waals surface area contributed by atoms with Crippen LogP contribution in [0.4, 0.5) is 16.2 Å². The van der Waals surface area contributed by atoms with E-state index in [0.29, 0.717) is 25.3 Å². The van der Waals surface area contributed by atoms with Crippen molar-refractivity contribution in [2.24, 2.45) is 0 Å². The smallest absolute Gasteiger partial charge is 0.328 e. The molecule has 2 aliphatic heterocycles. The van der Waals surface area contributed by atoms with Crippen LogP contribution in [0.1, 0.15) is 35.1 Å². The number of allylic oxidation sites excluding steroid dienone is 1. The van der Waals surface area contributed by atoms with Crippen LogP contribution < -0.4 is 15.1 Å². The molecule has 3 N–H and O–H groups in total. The van der Waals surface area contributed by atoms with Crippen molar-refractivity contribution >= 4 is 46.1 Å². The van der Waals surface area contributed by atoms with Crippen molar-refractivity contribution in [2.45, 2.75) is 19.4 Å². The molecular weight excluding hydrogens is 600 g/mol. The van der Waals surface area contributed by atoms with E-state index in [1.807, 2.05) is 42.5 Å². The largest absolute Gasteiger partial charge is 0.508 e. The SMILES string of the molecule is O=C1CCN(c2ccccc2CN2CCN(c3ccc(C(=C(CCCl)c4ccc(O)cc4)c4ccc(O)cc4)cc3)CC2)C(=O)N1. The Morgan fingerprint density at radius 2 is 1.30 bits per heavy atom. The zero-order valence-electron chi connectivity index (χ0n) is 25.5. The number of imide groups is 1. The fraction of sp³-hybridized carbons (Fsp3) is 0.243. The van der Waals surface area contributed by atoms with Crippen LogP contribution in [-0.2, 0) is 11.3 Å². The number of hydrogen-bond donors (Lipinski definition) is 3. The van der Waals surface area contributed by atoms with Gasteiger partial charge in [-0.25, -0.2) is 4.79 Å². The first-order valence-corrected chi connectivity index (χ1v) is 16.1. The lowest BCUT2D eigenvalue weighted by atomic mass is 9.88. The summed E-state index contributed by atoms with van der Waals surface area (Å²) in [7, 11) is 0. The second-order valence-corrected chi connectivity index (χ2v) is 12.0. The van der Waals surface area contributed by atoms with Crippen molar-refractivity contribution < 1.29 is 19.8 Å². The molecule has 3 amide bonds. The van der Waals surface area contributed by atoms with Gasteiger partial charge in [-0.05, 0) is 82.3 Å². The third-order valence-corrected chi connectivity index (χ3v) is 8.83. The summed E-state index contributed by atoms with van der Waals surface area (Å²) >= 11 is 6.30. The summed E-state index contributed by atoms with van der Waals surface area (Å²) in [5.41, 5.74) is 8.17. The Morgan fingerprint density at radius 1 is 0.717 bits per heavy atom. The first kappa shape index (κ1) is 31.2. The fourth-order valence-corrected chi connectivity index (χ4v) is 6.45. The normalized spacial score (nSPS) is 16.3. The minimum atomic E-state index is -0.363. The lowest BCUT2D eigenvalue weighted by molar-refractivity contribution is -0.120. The van der Waals surface area contributed by atoms with Crippen molar-refractivity contribution in [1.82, 2.24) is 10.2 Å². The molecule has 9 heteroatoms. The molecule has 236 valence electrons. The van der Waals surface area contributed by atoms with Crippen molar-refractivity contribution in [3.05, 3.63) is 119 Å². The number of carbonyl (C=O) groups is 2. The van der Waals surface area contributed by atoms with Gasteiger partial charge in [0.1, 0.15) is 11.5 Å². The third kappa shape index (κ3) is 7.03. The highest BCUT2D eigenvalue weighted by Crippen LogP contribution is 2.37. The van der Waals surface area contributed by atoms with Crippen molar-refractivity contribution in [3.8, 4) is 11.5 Å². The highest BCUT2D eigenvalue weighted by molar-refractivity contribution is 6.18. The summed E-state index contributed by atoms with van der Waals surface area (Å²) < 4.78 is 0. The van der Waals surface area contributed by atoms with Crippen LogP contribution in [0.15, 0.2) is 97.1 Å². The van der Waals surface area contributed by atoms with Gasteiger partial charge in [-0.15, -0.1) is 11.6 Å². The molecule has 0 unspecified atom stereocenters. The first-order chi connectivity index (χ1) is 22.4. The van der Waals surface area contributed by atoms with E-state index in [1.54, 1.807) is 29.2 Å². The van der Waals surface area contributed by atoms with Crippen LogP contribution in [0.5, 0.6) is 11.5 Å². The molecule has 4 aromatic carbocycles. The van der Waals surface area contributed by atoms with Crippen molar-refractivity contribution in [3.63, 3.8) is 0 Å². The molecular formula is C37H37ClN4O4. The number of phenolic OH excluding ortho intramolecular Hbond substituents is 2. The Bertz CT molecular complexity index is 1710. The summed E-state index contributed by atoms with van der Waals surface area (Å²) in [6.45, 7) is 4.59. The number of benzene rings is 4. The Balaban J connectivity index is 1.19. The van der Waals surface area contributed by atoms with Crippen LogP contribution in [-0.4, -0.2) is 65.7 Å². The molecule has 2 fully saturated rings. The number of halogens is 1. The van der Waals surface area contributed by atoms with E-state index in [9.17, 15) is 19.8 Å². The number of nitrogens with one attached hydrogen (secondary N) is 1. The van der Waals surface area contributed by atoms with Crippen LogP contribution in [0.25, 0.3) is 11.1 Å². The second kappa shape index (κ2) is 14.1. The molecule has 2 saturated heterocycles. The summed E-state index contributed by atoms with van der Waals surface area (Å²) in [5.74, 6) is 0.623. The lowest BCUT2D eigenvalue weighted by Gasteiger charge is -2.37. The predicted octanol–water partition coefficient (Wildman–Crippen LogP) is 6.45. The number of alkyl halides is 1. The van der Waals surface area contributed by atoms with Crippen LogP contribution in [0.2, 0.25) is 0 Å². The summed E-state index contributed by atoms with van der Waals surface area (Å²) in [4.78, 5) is 30.6. The molecule has 2 heterocycles. The minimum Gasteiger partial charge on any atom is -0.508 e. The quantitative estimate of drug-likeness (QED) is 0.144. The monoisotopic (exact) mass is 636 g/mol. The summed E-state index contributed by atoms with van der Waals surface area (Å²) in [5, 5.41) is 22.3. The van der Waals surface area contributed by atoms with Gasteiger partial charge in [0.2, 0.25) is 5.91 Å². The summed E-state index contributed by atoms with van der Waals surface area (Å²) in [6, 6.07) is 30.6. The molecule has 8 nitrogen and oxygen atoms in total. The predicted molar refractivity (Wildman–Crippen MR) is 183 cm³/mol. The van der Waals surface area contributed by atoms with Gasteiger partial charge in [0.05, 0.1) is 0 Å². The molecule has 0 radical (unpaired) electrons. The number of carbonyl (C=O) groups excluding carboxylic acids is 2. The number of rotatable bonds is 9. The van der Waals surface area contributed by atoms with Gasteiger partial charge >= 0.3 is 6.03 Å². The molecule has 0 aromatic heterocycles. The van der Waals surface area contributed by atoms with Crippen LogP contribution in [0.3, 0.4) is 0 Å². The maximum Gasteiger partial charge on any atom is 0.328 e. The van der Waals surface area contributed by atoms with Gasteiger partial charge in [-0.2, -0.15) is 0 Å². The second-order valence-electron chi connectivity index (χ2n) is 11.6. The number of para-hydroxylation sites is 1. The zero-order valence-corrected chi connectivity index (χ0v) is 26.3. The highest BCUT2D eigenvalue weighted by Gasteiger charge is 2.27. The molecule has 0 spiro atoms. The minimum absolute atomic E-state index is 0.207. The standard InChI is InChI=1S/C37H37ClN4O4/c38-19-17-33(26-7-13-31(43)14-8-26)36(28-9-15-32(44)16-10-28)27-5-11-30(12-6-27)41-23-21-40(22-24-41)25-29-3-1-2-4-34(29)42-20-18-35(45)39-37(42)46/h1-16,43-44H,17-25H2,(H,39,45,46). The van der Waals surface area contributed by atoms with E-state index >= 15 is 0 Å². The average molecular weight is 637 g/mol. The number of amides is 3. The Hall–Kier alpha value is -4.79. The highest BCUT2D eigenvalue weighted by atomic mass is 35.5. The van der Waals surface area contributed by atoms with Gasteiger partial charge < -0.3 is 15.1 Å². The Morgan fingerprint density at radius 3 is 1.91 bits per heavy atom. The van der Waals surface area contributed by atoms with Crippen molar-refractivity contribution in [1.29, 1.82) is 0 Å². The average Bonchev–Trinajstić information content (AvgIpc) is 3.07. The van der Waals surface area contributed by atoms with E-state index in [0.717, 1.165) is 77.5 Å². The number of hydrogen-bond acceptors (Lipinski definition) is 6. The van der Waals surface area contributed by atoms with Crippen LogP contribution in [0, 0.1) is 0 Å². The van der Waals surface area contributed by atoms with E-state index in [1.165, 1.54) is 0 Å². The molecule has 2 aliphatic rings. The van der Waals surface area contributed by atoms with E-state index in [2.05, 4.69) is 45.4 Å². The maximum absolute atomic E-state index is 12.5. The Labute approximate surface area is 274 Å². The molecule has 4 aromatic rings. The van der Waals surface area contributed by atoms with Gasteiger partial charge in [0.15, 0.2) is 0 Å². The van der Waals surface area contributed by atoms with E-state index < -0.39 is 0 Å². The summed E-state index contributed by atoms with van der Waals surface area (Å²) in [6.07, 6.45) is 0.935. The van der Waals surface area contributed by atoms with Crippen LogP contribution >= 0.6 is 11.6 Å². The topological polar surface area (TPSA) is 96.4 Å². The number of piperazine rings is 1. The number of urea groups is 1. The van der Waals surface area contributed by atoms with E-state index in [4.69, 9.17) is 11.6 Å². The van der Waals surface area contributed by atoms with E-state index in [-0.39, 0.29) is 23.4 Å². The zero-order chi connectivity index (χ0) is 32.0. The lowest BCUT2D eigenvalue weighted by Crippen LogP contribution is -2.50. The third-order valence-electron chi connectivity index (χ3n) is 8.64. The molecule has 46 heavy (non-hydrogen) atoms. The molecule has 6 rings (SSSR count). The van der Waals surface area contributed by atoms with Crippen molar-refractivity contribution in [2.75, 3.05) is 48.4 Å². The van der Waals surface area contributed by atoms with Gasteiger partial charge in [0.25, 0.3) is 0 Å². The first-order valence-electron chi connectivity index (χ1n) is 15.5. The molecule has 0 saturated carbocycles. The Kier molecular flexibility index (Phi) is 9.57. The number of nitrogens with zero attached hydrogens (tertiary/aromatic N) is 3. The number of phenols is 2. The van der Waals surface area contributed by atoms with Gasteiger partial charge in [0, 0.05) is 62.9 Å². The number of aromatic hydroxyl groups is 2. The molecule has 0 aliphatic carbocycles. The number of anilines is 2. The molecule has 0 atom stereocenters. The van der Waals surface area contributed by atoms with Gasteiger partial charge in [-0.1, -0.05) is 54.6 Å². The fourth-order valence-electron chi connectivity index (χ4n) is 6.26. The maximum atomic E-state index is 12.5. The van der Waals surface area contributed by atoms with Gasteiger partial charge in [-0.3, -0.25) is 19.9 Å². The molecule has 0 bridgehead atoms.